The molecule has 2 fully saturated rings. The Kier molecular flexibility index (Phi) is 8.41. The van der Waals surface area contributed by atoms with Crippen molar-refractivity contribution in [3.05, 3.63) is 63.6 Å². The molecule has 3 aliphatic rings. The number of nitrogens with one attached hydrogen (secondary N) is 1. The fourth-order valence-electron chi connectivity index (χ4n) is 6.08. The number of alkyl halides is 2. The number of methoxy groups -OCH3 is 1. The average molecular weight is 695 g/mol. The quantitative estimate of drug-likeness (QED) is 0.104. The summed E-state index contributed by atoms with van der Waals surface area (Å²) in [5, 5.41) is 2.98. The third kappa shape index (κ3) is 5.77. The monoisotopic (exact) mass is 694 g/mol. The zero-order valence-corrected chi connectivity index (χ0v) is 28.3. The minimum Gasteiger partial charge on any atom is -0.495 e. The van der Waals surface area contributed by atoms with Crippen LogP contribution in [0.5, 0.6) is 11.5 Å². The number of anilines is 1. The van der Waals surface area contributed by atoms with Gasteiger partial charge in [0.25, 0.3) is 5.91 Å². The number of nitrogen functional groups attached to an aromatic ring is 1. The molecule has 0 saturated heterocycles. The summed E-state index contributed by atoms with van der Waals surface area (Å²) in [6.07, 6.45) is 3.87. The van der Waals surface area contributed by atoms with Crippen LogP contribution < -0.4 is 26.3 Å². The minimum atomic E-state index is -2.08. The van der Waals surface area contributed by atoms with Crippen molar-refractivity contribution in [1.29, 1.82) is 0 Å². The Bertz CT molecular complexity index is 1910. The summed E-state index contributed by atoms with van der Waals surface area (Å²) in [4.78, 5) is 52.8. The first-order chi connectivity index (χ1) is 23.1. The normalized spacial score (nSPS) is 21.1. The predicted octanol–water partition coefficient (Wildman–Crippen LogP) is 4.89. The smallest absolute Gasteiger partial charge is 0.251 e. The van der Waals surface area contributed by atoms with Crippen LogP contribution in [0.25, 0.3) is 11.3 Å². The number of pyridine rings is 2. The van der Waals surface area contributed by atoms with Gasteiger partial charge >= 0.3 is 0 Å². The highest BCUT2D eigenvalue weighted by molar-refractivity contribution is 6.34. The number of benzene rings is 1. The van der Waals surface area contributed by atoms with E-state index >= 15 is 4.39 Å². The van der Waals surface area contributed by atoms with E-state index in [1.54, 1.807) is 19.2 Å². The number of aldehydes is 1. The maximum atomic E-state index is 16.6. The van der Waals surface area contributed by atoms with Crippen molar-refractivity contribution in [2.24, 2.45) is 10.7 Å². The molecule has 2 saturated carbocycles. The molecule has 0 bridgehead atoms. The lowest BCUT2D eigenvalue weighted by Gasteiger charge is -2.33. The SMILES string of the molecule is COc1cc(C(=O)NC[C@](C=O)(c2cc3c(c(-c4ccnc(C(C)C)c4Cl)n2)OC[C@]3(C)C(N)=O)C2(F)CC2)cc(/C=N/C2(F)CC2)c1N. The molecule has 2 atom stereocenters. The third-order valence-electron chi connectivity index (χ3n) is 9.76. The predicted molar refractivity (Wildman–Crippen MR) is 180 cm³/mol. The molecule has 0 unspecified atom stereocenters. The maximum absolute atomic E-state index is 16.6. The molecular formula is C35H37ClF2N6O5. The van der Waals surface area contributed by atoms with Gasteiger partial charge in [0.15, 0.2) is 5.79 Å². The fraction of sp³-hybridized carbons (Fsp3) is 0.429. The highest BCUT2D eigenvalue weighted by Crippen LogP contribution is 2.55. The number of carbonyl (C=O) groups excluding carboxylic acids is 3. The number of halogens is 3. The summed E-state index contributed by atoms with van der Waals surface area (Å²) in [6, 6.07) is 5.88. The lowest BCUT2D eigenvalue weighted by Crippen LogP contribution is -2.51. The van der Waals surface area contributed by atoms with Gasteiger partial charge in [0.05, 0.1) is 29.2 Å². The first-order valence-corrected chi connectivity index (χ1v) is 16.3. The van der Waals surface area contributed by atoms with Crippen LogP contribution in [0, 0.1) is 0 Å². The van der Waals surface area contributed by atoms with Gasteiger partial charge in [-0.2, -0.15) is 0 Å². The van der Waals surface area contributed by atoms with Gasteiger partial charge in [-0.1, -0.05) is 25.4 Å². The van der Waals surface area contributed by atoms with Gasteiger partial charge in [-0.3, -0.25) is 19.6 Å². The highest BCUT2D eigenvalue weighted by atomic mass is 35.5. The molecule has 258 valence electrons. The Morgan fingerprint density at radius 3 is 2.53 bits per heavy atom. The molecule has 11 nitrogen and oxygen atoms in total. The number of rotatable bonds is 12. The van der Waals surface area contributed by atoms with Gasteiger partial charge in [0.2, 0.25) is 5.91 Å². The number of primary amides is 1. The molecular weight excluding hydrogens is 658 g/mol. The molecule has 5 N–H and O–H groups in total. The van der Waals surface area contributed by atoms with Crippen LogP contribution in [0.1, 0.15) is 85.2 Å². The van der Waals surface area contributed by atoms with Gasteiger partial charge in [-0.15, -0.1) is 0 Å². The summed E-state index contributed by atoms with van der Waals surface area (Å²) in [5.74, 6) is -2.72. The average Bonchev–Trinajstić information content (AvgIpc) is 3.98. The number of aliphatic imine (C=N–C) groups is 1. The first-order valence-electron chi connectivity index (χ1n) is 15.9. The van der Waals surface area contributed by atoms with Crippen molar-refractivity contribution in [2.75, 3.05) is 26.0 Å². The number of fused-ring (bicyclic) bond motifs is 1. The molecule has 3 aromatic rings. The van der Waals surface area contributed by atoms with Crippen molar-refractivity contribution in [3.8, 4) is 22.8 Å². The number of aromatic nitrogens is 2. The molecule has 2 aromatic heterocycles. The molecule has 2 amide bonds. The third-order valence-corrected chi connectivity index (χ3v) is 10.2. The van der Waals surface area contributed by atoms with E-state index in [0.29, 0.717) is 23.1 Å². The van der Waals surface area contributed by atoms with Crippen molar-refractivity contribution in [2.45, 2.75) is 74.7 Å². The maximum Gasteiger partial charge on any atom is 0.251 e. The Morgan fingerprint density at radius 2 is 1.94 bits per heavy atom. The first kappa shape index (κ1) is 34.2. The topological polar surface area (TPSA) is 172 Å². The summed E-state index contributed by atoms with van der Waals surface area (Å²) in [5.41, 5.74) is 8.52. The van der Waals surface area contributed by atoms with Crippen LogP contribution >= 0.6 is 11.6 Å². The molecule has 14 heteroatoms. The Labute approximate surface area is 286 Å². The Balaban J connectivity index is 1.45. The van der Waals surface area contributed by atoms with E-state index in [2.05, 4.69) is 15.3 Å². The number of hydrogen-bond donors (Lipinski definition) is 3. The van der Waals surface area contributed by atoms with Crippen LogP contribution in [-0.4, -0.2) is 66.0 Å². The lowest BCUT2D eigenvalue weighted by atomic mass is 9.75. The summed E-state index contributed by atoms with van der Waals surface area (Å²) < 4.78 is 42.2. The van der Waals surface area contributed by atoms with Gasteiger partial charge in [0.1, 0.15) is 46.6 Å². The molecule has 0 radical (unpaired) electrons. The minimum absolute atomic E-state index is 0.0219. The second-order valence-corrected chi connectivity index (χ2v) is 13.9. The Hall–Kier alpha value is -4.65. The van der Waals surface area contributed by atoms with E-state index in [0.717, 1.165) is 0 Å². The fourth-order valence-corrected chi connectivity index (χ4v) is 6.50. The van der Waals surface area contributed by atoms with E-state index in [4.69, 9.17) is 37.5 Å². The number of nitrogens with two attached hydrogens (primary N) is 2. The van der Waals surface area contributed by atoms with Gasteiger partial charge in [-0.25, -0.2) is 13.8 Å². The van der Waals surface area contributed by atoms with Gasteiger partial charge < -0.3 is 31.1 Å². The molecule has 6 rings (SSSR count). The number of hydrogen-bond acceptors (Lipinski definition) is 9. The van der Waals surface area contributed by atoms with Gasteiger partial charge in [-0.05, 0) is 49.9 Å². The second kappa shape index (κ2) is 12.0. The van der Waals surface area contributed by atoms with E-state index in [1.807, 2.05) is 13.8 Å². The largest absolute Gasteiger partial charge is 0.495 e. The van der Waals surface area contributed by atoms with Crippen LogP contribution in [-0.2, 0) is 20.4 Å². The van der Waals surface area contributed by atoms with E-state index in [9.17, 15) is 18.8 Å². The van der Waals surface area contributed by atoms with E-state index in [1.165, 1.54) is 31.5 Å². The highest BCUT2D eigenvalue weighted by Gasteiger charge is 2.63. The summed E-state index contributed by atoms with van der Waals surface area (Å²) in [6.45, 7) is 4.82. The van der Waals surface area contributed by atoms with Gasteiger partial charge in [0, 0.05) is 54.1 Å². The number of nitrogens with zero attached hydrogens (tertiary/aromatic N) is 3. The second-order valence-electron chi connectivity index (χ2n) is 13.5. The van der Waals surface area contributed by atoms with Crippen molar-refractivity contribution < 1.29 is 32.6 Å². The summed E-state index contributed by atoms with van der Waals surface area (Å²) >= 11 is 6.85. The van der Waals surface area contributed by atoms with Crippen LogP contribution in [0.4, 0.5) is 14.5 Å². The summed E-state index contributed by atoms with van der Waals surface area (Å²) in [7, 11) is 1.36. The van der Waals surface area contributed by atoms with Crippen LogP contribution in [0.15, 0.2) is 35.5 Å². The molecule has 49 heavy (non-hydrogen) atoms. The molecule has 1 aromatic carbocycles. The zero-order valence-electron chi connectivity index (χ0n) is 27.5. The standard InChI is InChI=1S/C35H37ClF2N6O5/c1-18(2)27-25(36)21(5-10-41-27)28-29-22(32(3,17-49-29)31(40)47)13-24(44-28)33(16-45,34(37)6-7-34)15-42-30(46)19-11-20(14-43-35(38)8-9-35)26(39)23(12-19)48-4/h5,10-14,16,18H,6-9,15,17,39H2,1-4H3,(H2,40,47)(H,42,46)/b43-14+/t32-,33-/m0/s1. The molecule has 2 aliphatic carbocycles. The van der Waals surface area contributed by atoms with E-state index < -0.39 is 40.7 Å². The van der Waals surface area contributed by atoms with Crippen molar-refractivity contribution in [3.63, 3.8) is 0 Å². The van der Waals surface area contributed by atoms with Crippen LogP contribution in [0.3, 0.4) is 0 Å². The zero-order chi connectivity index (χ0) is 35.5. The number of ether oxygens (including phenoxy) is 2. The Morgan fingerprint density at radius 1 is 1.22 bits per heavy atom. The van der Waals surface area contributed by atoms with Crippen molar-refractivity contribution >= 4 is 41.6 Å². The van der Waals surface area contributed by atoms with E-state index in [-0.39, 0.29) is 82.9 Å². The van der Waals surface area contributed by atoms with Crippen molar-refractivity contribution in [1.82, 2.24) is 15.3 Å². The van der Waals surface area contributed by atoms with Crippen LogP contribution in [0.2, 0.25) is 5.02 Å². The lowest BCUT2D eigenvalue weighted by molar-refractivity contribution is -0.123. The number of carbonyl (C=O) groups is 3. The molecule has 1 aliphatic heterocycles. The molecule has 3 heterocycles. The number of amides is 2. The molecule has 0 spiro atoms.